The topological polar surface area (TPSA) is 83.9 Å². The van der Waals surface area contributed by atoms with E-state index in [1.165, 1.54) is 38.2 Å². The summed E-state index contributed by atoms with van der Waals surface area (Å²) in [6, 6.07) is 5.05. The number of anilines is 1. The maximum Gasteiger partial charge on any atom is 0.573 e. The van der Waals surface area contributed by atoms with E-state index in [1.807, 2.05) is 4.90 Å². The number of nitrogens with zero attached hydrogens (tertiary/aromatic N) is 2. The summed E-state index contributed by atoms with van der Waals surface area (Å²) in [7, 11) is 0. The maximum atomic E-state index is 14.6. The quantitative estimate of drug-likeness (QED) is 0.560. The van der Waals surface area contributed by atoms with Crippen molar-refractivity contribution >= 4 is 11.6 Å². The third-order valence-electron chi connectivity index (χ3n) is 6.64. The summed E-state index contributed by atoms with van der Waals surface area (Å²) in [5, 5.41) is 12.8. The van der Waals surface area contributed by atoms with E-state index in [4.69, 9.17) is 4.74 Å². The van der Waals surface area contributed by atoms with Crippen LogP contribution in [0.2, 0.25) is 0 Å². The van der Waals surface area contributed by atoms with Crippen molar-refractivity contribution in [3.63, 3.8) is 0 Å². The zero-order valence-electron chi connectivity index (χ0n) is 20.4. The Kier molecular flexibility index (Phi) is 6.67. The second-order valence-corrected chi connectivity index (χ2v) is 10.1. The second-order valence-electron chi connectivity index (χ2n) is 10.1. The van der Waals surface area contributed by atoms with Crippen LogP contribution in [0.25, 0.3) is 0 Å². The molecule has 196 valence electrons. The van der Waals surface area contributed by atoms with Crippen molar-refractivity contribution in [3.05, 3.63) is 52.8 Å². The van der Waals surface area contributed by atoms with E-state index in [0.717, 1.165) is 0 Å². The molecule has 0 aliphatic carbocycles. The van der Waals surface area contributed by atoms with Gasteiger partial charge in [-0.05, 0) is 39.8 Å². The highest BCUT2D eigenvalue weighted by Crippen LogP contribution is 2.38. The van der Waals surface area contributed by atoms with Crippen molar-refractivity contribution in [1.82, 2.24) is 10.3 Å². The van der Waals surface area contributed by atoms with Gasteiger partial charge in [-0.1, -0.05) is 6.07 Å². The molecule has 2 aromatic rings. The minimum absolute atomic E-state index is 0.00624. The standard InChI is InChI=1S/C25H29F4N3O4/c1-14(31-22(33)15-7-16-12-35-13-24(4,26)21(16)30-9-15)19-6-5-18(8-20(19)36-25(27,28)29)32-10-17(11-32)23(2,3)34/h5-9,14,17,34H,10-13H2,1-4H3,(H,31,33)/t14-,24?/m0/s1. The van der Waals surface area contributed by atoms with Crippen LogP contribution in [0.1, 0.15) is 60.9 Å². The van der Waals surface area contributed by atoms with Gasteiger partial charge in [-0.2, -0.15) is 0 Å². The van der Waals surface area contributed by atoms with Crippen molar-refractivity contribution in [2.45, 2.75) is 58.0 Å². The SMILES string of the molecule is C[C@H](NC(=O)c1cnc2c(c1)COCC2(C)F)c1ccc(N2CC(C(C)(C)O)C2)cc1OC(F)(F)F. The van der Waals surface area contributed by atoms with Gasteiger partial charge in [0.25, 0.3) is 5.91 Å². The summed E-state index contributed by atoms with van der Waals surface area (Å²) in [4.78, 5) is 18.8. The number of benzene rings is 1. The van der Waals surface area contributed by atoms with Gasteiger partial charge in [0.1, 0.15) is 5.75 Å². The van der Waals surface area contributed by atoms with Gasteiger partial charge in [-0.15, -0.1) is 13.2 Å². The number of aliphatic hydroxyl groups is 1. The van der Waals surface area contributed by atoms with Gasteiger partial charge in [0.2, 0.25) is 0 Å². The predicted molar refractivity (Wildman–Crippen MR) is 123 cm³/mol. The van der Waals surface area contributed by atoms with Crippen LogP contribution >= 0.6 is 0 Å². The van der Waals surface area contributed by atoms with E-state index >= 15 is 0 Å². The second kappa shape index (κ2) is 9.19. The number of alkyl halides is 4. The van der Waals surface area contributed by atoms with Gasteiger partial charge < -0.3 is 24.8 Å². The number of ether oxygens (including phenoxy) is 2. The lowest BCUT2D eigenvalue weighted by Gasteiger charge is -2.46. The number of fused-ring (bicyclic) bond motifs is 1. The first-order chi connectivity index (χ1) is 16.6. The number of pyridine rings is 1. The van der Waals surface area contributed by atoms with Gasteiger partial charge in [0.15, 0.2) is 5.67 Å². The Morgan fingerprint density at radius 1 is 1.31 bits per heavy atom. The Balaban J connectivity index is 1.53. The Bertz CT molecular complexity index is 1140. The molecule has 0 spiro atoms. The number of carbonyl (C=O) groups excluding carboxylic acids is 1. The lowest BCUT2D eigenvalue weighted by atomic mass is 9.84. The fourth-order valence-corrected chi connectivity index (χ4v) is 4.42. The van der Waals surface area contributed by atoms with Crippen LogP contribution in [0.3, 0.4) is 0 Å². The molecule has 1 saturated heterocycles. The van der Waals surface area contributed by atoms with Crippen molar-refractivity contribution in [3.8, 4) is 5.75 Å². The number of nitrogens with one attached hydrogen (secondary N) is 1. The van der Waals surface area contributed by atoms with E-state index in [1.54, 1.807) is 19.9 Å². The third-order valence-corrected chi connectivity index (χ3v) is 6.64. The van der Waals surface area contributed by atoms with Crippen LogP contribution in [-0.4, -0.2) is 47.7 Å². The Hall–Kier alpha value is -2.92. The molecule has 1 unspecified atom stereocenters. The molecule has 0 radical (unpaired) electrons. The van der Waals surface area contributed by atoms with E-state index in [0.29, 0.717) is 24.3 Å². The minimum Gasteiger partial charge on any atom is -0.405 e. The Morgan fingerprint density at radius 3 is 2.64 bits per heavy atom. The number of hydrogen-bond acceptors (Lipinski definition) is 6. The van der Waals surface area contributed by atoms with Crippen LogP contribution in [-0.2, 0) is 17.0 Å². The van der Waals surface area contributed by atoms with Crippen molar-refractivity contribution < 1.29 is 36.9 Å². The predicted octanol–water partition coefficient (Wildman–Crippen LogP) is 4.39. The number of halogens is 4. The molecule has 11 heteroatoms. The number of amides is 1. The molecule has 1 fully saturated rings. The highest BCUT2D eigenvalue weighted by Gasteiger charge is 2.39. The molecule has 36 heavy (non-hydrogen) atoms. The molecule has 1 amide bonds. The van der Waals surface area contributed by atoms with E-state index in [2.05, 4.69) is 15.0 Å². The zero-order valence-corrected chi connectivity index (χ0v) is 20.4. The number of aromatic nitrogens is 1. The number of rotatable bonds is 6. The lowest BCUT2D eigenvalue weighted by Crippen LogP contribution is -2.55. The molecule has 4 rings (SSSR count). The highest BCUT2D eigenvalue weighted by atomic mass is 19.4. The summed E-state index contributed by atoms with van der Waals surface area (Å²) in [6.45, 7) is 7.23. The summed E-state index contributed by atoms with van der Waals surface area (Å²) < 4.78 is 63.7. The minimum atomic E-state index is -4.93. The monoisotopic (exact) mass is 511 g/mol. The summed E-state index contributed by atoms with van der Waals surface area (Å²) in [5.41, 5.74) is -1.23. The molecule has 2 N–H and O–H groups in total. The fraction of sp³-hybridized carbons (Fsp3) is 0.520. The van der Waals surface area contributed by atoms with Gasteiger partial charge in [-0.25, -0.2) is 4.39 Å². The van der Waals surface area contributed by atoms with Crippen LogP contribution in [0.5, 0.6) is 5.75 Å². The van der Waals surface area contributed by atoms with Crippen LogP contribution in [0, 0.1) is 5.92 Å². The number of carbonyl (C=O) groups is 1. The van der Waals surface area contributed by atoms with Gasteiger partial charge in [-0.3, -0.25) is 9.78 Å². The molecule has 0 bridgehead atoms. The average molecular weight is 512 g/mol. The molecule has 2 atom stereocenters. The molecule has 1 aromatic heterocycles. The zero-order chi connectivity index (χ0) is 26.5. The fourth-order valence-electron chi connectivity index (χ4n) is 4.42. The molecular formula is C25H29F4N3O4. The molecule has 2 aliphatic heterocycles. The summed E-state index contributed by atoms with van der Waals surface area (Å²) >= 11 is 0. The Labute approximate surface area is 206 Å². The van der Waals surface area contributed by atoms with Crippen molar-refractivity contribution in [2.24, 2.45) is 5.92 Å². The summed E-state index contributed by atoms with van der Waals surface area (Å²) in [6.07, 6.45) is -3.69. The Morgan fingerprint density at radius 2 is 2.00 bits per heavy atom. The average Bonchev–Trinajstić information content (AvgIpc) is 2.70. The molecular weight excluding hydrogens is 482 g/mol. The first kappa shape index (κ1) is 26.2. The van der Waals surface area contributed by atoms with Crippen molar-refractivity contribution in [2.75, 3.05) is 24.6 Å². The smallest absolute Gasteiger partial charge is 0.405 e. The largest absolute Gasteiger partial charge is 0.573 e. The highest BCUT2D eigenvalue weighted by molar-refractivity contribution is 5.94. The molecule has 3 heterocycles. The van der Waals surface area contributed by atoms with Gasteiger partial charge >= 0.3 is 6.36 Å². The van der Waals surface area contributed by atoms with Crippen LogP contribution in [0.15, 0.2) is 30.5 Å². The summed E-state index contributed by atoms with van der Waals surface area (Å²) in [5.74, 6) is -1.01. The number of hydrogen-bond donors (Lipinski definition) is 2. The lowest BCUT2D eigenvalue weighted by molar-refractivity contribution is -0.274. The van der Waals surface area contributed by atoms with E-state index in [9.17, 15) is 27.5 Å². The van der Waals surface area contributed by atoms with Crippen LogP contribution < -0.4 is 15.0 Å². The first-order valence-electron chi connectivity index (χ1n) is 11.6. The van der Waals surface area contributed by atoms with E-state index in [-0.39, 0.29) is 36.0 Å². The first-order valence-corrected chi connectivity index (χ1v) is 11.6. The van der Waals surface area contributed by atoms with Crippen LogP contribution in [0.4, 0.5) is 23.2 Å². The normalized spacial score (nSPS) is 21.4. The van der Waals surface area contributed by atoms with E-state index < -0.39 is 35.3 Å². The maximum absolute atomic E-state index is 14.6. The molecule has 0 saturated carbocycles. The third kappa shape index (κ3) is 5.57. The molecule has 2 aliphatic rings. The molecule has 7 nitrogen and oxygen atoms in total. The molecule has 1 aromatic carbocycles. The van der Waals surface area contributed by atoms with Gasteiger partial charge in [0.05, 0.1) is 36.1 Å². The van der Waals surface area contributed by atoms with Crippen molar-refractivity contribution in [1.29, 1.82) is 0 Å². The van der Waals surface area contributed by atoms with Gasteiger partial charge in [0, 0.05) is 48.1 Å².